The predicted molar refractivity (Wildman–Crippen MR) is 126 cm³/mol. The number of hydrogen-bond donors (Lipinski definition) is 2. The number of phenolic OH excluding ortho intramolecular Hbond substituents is 1. The van der Waals surface area contributed by atoms with E-state index < -0.39 is 0 Å². The van der Waals surface area contributed by atoms with Crippen molar-refractivity contribution in [1.82, 2.24) is 14.9 Å². The van der Waals surface area contributed by atoms with Crippen LogP contribution in [0.1, 0.15) is 5.82 Å². The smallest absolute Gasteiger partial charge is 0.260 e. The van der Waals surface area contributed by atoms with Crippen LogP contribution in [0, 0.1) is 0 Å². The van der Waals surface area contributed by atoms with Crippen LogP contribution in [0.4, 0.5) is 5.69 Å². The normalized spacial score (nSPS) is 14.9. The molecule has 0 bridgehead atoms. The van der Waals surface area contributed by atoms with Crippen LogP contribution in [0.25, 0.3) is 21.3 Å². The minimum absolute atomic E-state index is 0.135. The average molecular weight is 453 g/mol. The number of H-pyrrole nitrogens is 1. The monoisotopic (exact) mass is 452 g/mol. The third kappa shape index (κ3) is 3.92. The van der Waals surface area contributed by atoms with Gasteiger partial charge in [-0.05, 0) is 18.2 Å². The van der Waals surface area contributed by atoms with Gasteiger partial charge < -0.3 is 15.0 Å². The molecule has 0 aliphatic carbocycles. The van der Waals surface area contributed by atoms with Crippen molar-refractivity contribution in [1.29, 1.82) is 0 Å². The third-order valence-corrected chi connectivity index (χ3v) is 6.83. The summed E-state index contributed by atoms with van der Waals surface area (Å²) >= 11 is 7.80. The van der Waals surface area contributed by atoms with Gasteiger partial charge in [0.05, 0.1) is 17.6 Å². The lowest BCUT2D eigenvalue weighted by Gasteiger charge is -2.36. The highest BCUT2D eigenvalue weighted by Gasteiger charge is 2.21. The number of nitrogens with zero attached hydrogens (tertiary/aromatic N) is 3. The highest BCUT2D eigenvalue weighted by molar-refractivity contribution is 7.17. The summed E-state index contributed by atoms with van der Waals surface area (Å²) in [6.07, 6.45) is 0. The van der Waals surface area contributed by atoms with Gasteiger partial charge in [-0.1, -0.05) is 41.9 Å². The molecule has 0 radical (unpaired) electrons. The Morgan fingerprint density at radius 1 is 1.03 bits per heavy atom. The van der Waals surface area contributed by atoms with Crippen molar-refractivity contribution in [2.45, 2.75) is 6.54 Å². The Morgan fingerprint density at radius 2 is 1.77 bits per heavy atom. The zero-order chi connectivity index (χ0) is 21.4. The highest BCUT2D eigenvalue weighted by atomic mass is 35.5. The molecule has 4 aromatic rings. The number of piperazine rings is 1. The lowest BCUT2D eigenvalue weighted by molar-refractivity contribution is 0.243. The van der Waals surface area contributed by atoms with Gasteiger partial charge in [-0.3, -0.25) is 9.69 Å². The molecule has 8 heteroatoms. The summed E-state index contributed by atoms with van der Waals surface area (Å²) in [6.45, 7) is 3.84. The van der Waals surface area contributed by atoms with Crippen molar-refractivity contribution in [3.8, 4) is 16.9 Å². The molecule has 2 aromatic heterocycles. The maximum Gasteiger partial charge on any atom is 0.260 e. The summed E-state index contributed by atoms with van der Waals surface area (Å²) in [5, 5.41) is 13.2. The zero-order valence-corrected chi connectivity index (χ0v) is 18.3. The molecule has 3 heterocycles. The molecule has 158 valence electrons. The van der Waals surface area contributed by atoms with Crippen molar-refractivity contribution in [3.63, 3.8) is 0 Å². The van der Waals surface area contributed by atoms with Crippen LogP contribution in [0.5, 0.6) is 5.75 Å². The summed E-state index contributed by atoms with van der Waals surface area (Å²) in [7, 11) is 0. The number of nitrogens with one attached hydrogen (secondary N) is 1. The molecule has 1 saturated heterocycles. The number of rotatable bonds is 4. The molecular weight excluding hydrogens is 432 g/mol. The number of halogens is 1. The van der Waals surface area contributed by atoms with Gasteiger partial charge in [0.2, 0.25) is 0 Å². The van der Waals surface area contributed by atoms with Crippen LogP contribution < -0.4 is 10.5 Å². The van der Waals surface area contributed by atoms with Gasteiger partial charge in [0.25, 0.3) is 5.56 Å². The first kappa shape index (κ1) is 20.1. The lowest BCUT2D eigenvalue weighted by Crippen LogP contribution is -2.46. The SMILES string of the molecule is O=c1[nH]c(CN2CCN(c3ccccc3O)CC2)nc2scc(-c3ccccc3Cl)c12. The van der Waals surface area contributed by atoms with Gasteiger partial charge in [0.1, 0.15) is 16.4 Å². The van der Waals surface area contributed by atoms with E-state index in [0.29, 0.717) is 28.5 Å². The molecule has 2 aromatic carbocycles. The topological polar surface area (TPSA) is 72.5 Å². The summed E-state index contributed by atoms with van der Waals surface area (Å²) in [5.41, 5.74) is 2.39. The minimum Gasteiger partial charge on any atom is -0.506 e. The summed E-state index contributed by atoms with van der Waals surface area (Å²) in [5.74, 6) is 0.973. The highest BCUT2D eigenvalue weighted by Crippen LogP contribution is 2.35. The fourth-order valence-electron chi connectivity index (χ4n) is 4.04. The van der Waals surface area contributed by atoms with Gasteiger partial charge in [0, 0.05) is 47.7 Å². The first-order chi connectivity index (χ1) is 15.1. The lowest BCUT2D eigenvalue weighted by atomic mass is 10.1. The van der Waals surface area contributed by atoms with Crippen LogP contribution in [0.3, 0.4) is 0 Å². The van der Waals surface area contributed by atoms with Crippen LogP contribution in [0.15, 0.2) is 58.7 Å². The number of fused-ring (bicyclic) bond motifs is 1. The first-order valence-corrected chi connectivity index (χ1v) is 11.4. The number of aromatic amines is 1. The molecule has 1 fully saturated rings. The van der Waals surface area contributed by atoms with Gasteiger partial charge >= 0.3 is 0 Å². The molecular formula is C23H21ClN4O2S. The maximum absolute atomic E-state index is 12.9. The quantitative estimate of drug-likeness (QED) is 0.482. The second-order valence-electron chi connectivity index (χ2n) is 7.57. The van der Waals surface area contributed by atoms with E-state index in [1.54, 1.807) is 6.07 Å². The fourth-order valence-corrected chi connectivity index (χ4v) is 5.23. The van der Waals surface area contributed by atoms with E-state index >= 15 is 0 Å². The molecule has 1 aliphatic rings. The van der Waals surface area contributed by atoms with Crippen LogP contribution in [-0.2, 0) is 6.54 Å². The number of thiophene rings is 1. The maximum atomic E-state index is 12.9. The van der Waals surface area contributed by atoms with Crippen molar-refractivity contribution < 1.29 is 5.11 Å². The second kappa shape index (κ2) is 8.34. The molecule has 5 rings (SSSR count). The Kier molecular flexibility index (Phi) is 5.40. The number of anilines is 1. The van der Waals surface area contributed by atoms with E-state index in [1.807, 2.05) is 47.8 Å². The van der Waals surface area contributed by atoms with Crippen LogP contribution in [-0.4, -0.2) is 46.2 Å². The van der Waals surface area contributed by atoms with Gasteiger partial charge in [0.15, 0.2) is 0 Å². The predicted octanol–water partition coefficient (Wildman–Crippen LogP) is 4.33. The van der Waals surface area contributed by atoms with E-state index in [0.717, 1.165) is 47.8 Å². The second-order valence-corrected chi connectivity index (χ2v) is 8.84. The number of aromatic hydroxyl groups is 1. The van der Waals surface area contributed by atoms with Crippen molar-refractivity contribution in [2.24, 2.45) is 0 Å². The van der Waals surface area contributed by atoms with Crippen molar-refractivity contribution in [3.05, 3.63) is 75.1 Å². The number of benzene rings is 2. The summed E-state index contributed by atoms with van der Waals surface area (Å²) in [6, 6.07) is 14.9. The molecule has 0 amide bonds. The van der Waals surface area contributed by atoms with E-state index in [2.05, 4.69) is 14.8 Å². The molecule has 6 nitrogen and oxygen atoms in total. The Hall–Kier alpha value is -2.87. The van der Waals surface area contributed by atoms with Gasteiger partial charge in [-0.25, -0.2) is 4.98 Å². The minimum atomic E-state index is -0.135. The number of para-hydroxylation sites is 2. The molecule has 0 saturated carbocycles. The molecule has 0 atom stereocenters. The van der Waals surface area contributed by atoms with Crippen LogP contribution >= 0.6 is 22.9 Å². The number of hydrogen-bond acceptors (Lipinski definition) is 6. The van der Waals surface area contributed by atoms with Crippen LogP contribution in [0.2, 0.25) is 5.02 Å². The first-order valence-electron chi connectivity index (χ1n) is 10.1. The van der Waals surface area contributed by atoms with Crippen molar-refractivity contribution >= 4 is 38.8 Å². The summed E-state index contributed by atoms with van der Waals surface area (Å²) < 4.78 is 0. The number of phenols is 1. The van der Waals surface area contributed by atoms with Crippen molar-refractivity contribution in [2.75, 3.05) is 31.1 Å². The van der Waals surface area contributed by atoms with Gasteiger partial charge in [-0.15, -0.1) is 11.3 Å². The number of aromatic nitrogens is 2. The molecule has 0 unspecified atom stereocenters. The Balaban J connectivity index is 1.34. The standard InChI is InChI=1S/C23H21ClN4O2S/c24-17-6-2-1-5-15(17)16-14-31-23-21(16)22(30)25-20(26-23)13-27-9-11-28(12-10-27)18-7-3-4-8-19(18)29/h1-8,14,29H,9-13H2,(H,25,26,30). The zero-order valence-electron chi connectivity index (χ0n) is 16.7. The van der Waals surface area contributed by atoms with E-state index in [4.69, 9.17) is 16.6 Å². The van der Waals surface area contributed by atoms with Gasteiger partial charge in [-0.2, -0.15) is 0 Å². The average Bonchev–Trinajstić information content (AvgIpc) is 3.19. The summed E-state index contributed by atoms with van der Waals surface area (Å²) in [4.78, 5) is 25.8. The molecule has 0 spiro atoms. The Labute approximate surface area is 188 Å². The molecule has 1 aliphatic heterocycles. The Bertz CT molecular complexity index is 1290. The van der Waals surface area contributed by atoms with E-state index in [-0.39, 0.29) is 5.56 Å². The fraction of sp³-hybridized carbons (Fsp3) is 0.217. The third-order valence-electron chi connectivity index (χ3n) is 5.63. The Morgan fingerprint density at radius 3 is 2.55 bits per heavy atom. The molecule has 2 N–H and O–H groups in total. The van der Waals surface area contributed by atoms with E-state index in [9.17, 15) is 9.90 Å². The molecule has 31 heavy (non-hydrogen) atoms. The van der Waals surface area contributed by atoms with E-state index in [1.165, 1.54) is 11.3 Å². The largest absolute Gasteiger partial charge is 0.506 e.